The van der Waals surface area contributed by atoms with Crippen molar-refractivity contribution < 1.29 is 0 Å². The van der Waals surface area contributed by atoms with Gasteiger partial charge in [0.2, 0.25) is 0 Å². The predicted octanol–water partition coefficient (Wildman–Crippen LogP) is 15.8. The van der Waals surface area contributed by atoms with E-state index in [-0.39, 0.29) is 5.41 Å². The Bertz CT molecular complexity index is 3500. The Balaban J connectivity index is 0.915. The van der Waals surface area contributed by atoms with Gasteiger partial charge in [-0.2, -0.15) is 0 Å². The van der Waals surface area contributed by atoms with Crippen molar-refractivity contribution >= 4 is 53.1 Å². The number of thiophene rings is 1. The minimum absolute atomic E-state index is 0.142. The molecule has 12 rings (SSSR count). The summed E-state index contributed by atoms with van der Waals surface area (Å²) in [6.45, 7) is 4.70. The van der Waals surface area contributed by atoms with E-state index in [2.05, 4.69) is 202 Å². The van der Waals surface area contributed by atoms with Crippen LogP contribution < -0.4 is 0 Å². The van der Waals surface area contributed by atoms with E-state index < -0.39 is 0 Å². The second-order valence-electron chi connectivity index (χ2n) is 16.6. The molecule has 282 valence electrons. The van der Waals surface area contributed by atoms with Crippen LogP contribution in [0.5, 0.6) is 0 Å². The van der Waals surface area contributed by atoms with Crippen LogP contribution in [0.3, 0.4) is 0 Å². The molecule has 2 heterocycles. The summed E-state index contributed by atoms with van der Waals surface area (Å²) in [5.74, 6) is 0.722. The molecule has 0 bridgehead atoms. The van der Waals surface area contributed by atoms with Crippen LogP contribution in [0, 0.1) is 0 Å². The minimum atomic E-state index is -0.142. The summed E-state index contributed by atoms with van der Waals surface area (Å²) in [6, 6.07) is 70.7. The summed E-state index contributed by atoms with van der Waals surface area (Å²) in [4.78, 5) is 10.5. The number of benzene rings is 9. The van der Waals surface area contributed by atoms with Crippen LogP contribution in [-0.4, -0.2) is 9.97 Å². The quantitative estimate of drug-likeness (QED) is 0.174. The van der Waals surface area contributed by atoms with Crippen molar-refractivity contribution in [3.63, 3.8) is 0 Å². The highest BCUT2D eigenvalue weighted by Gasteiger charge is 2.37. The Morgan fingerprint density at radius 2 is 0.967 bits per heavy atom. The number of aromatic nitrogens is 2. The van der Waals surface area contributed by atoms with Gasteiger partial charge in [-0.25, -0.2) is 9.97 Å². The lowest BCUT2D eigenvalue weighted by atomic mass is 9.81. The van der Waals surface area contributed by atoms with E-state index in [1.54, 1.807) is 0 Å². The second-order valence-corrected chi connectivity index (χ2v) is 17.7. The molecule has 0 saturated heterocycles. The fourth-order valence-electron chi connectivity index (χ4n) is 9.48. The second kappa shape index (κ2) is 13.4. The molecule has 0 spiro atoms. The fraction of sp³-hybridized carbons (Fsp3) is 0.0526. The van der Waals surface area contributed by atoms with Gasteiger partial charge < -0.3 is 0 Å². The molecule has 0 N–H and O–H groups in total. The topological polar surface area (TPSA) is 25.8 Å². The molecule has 2 nitrogen and oxygen atoms in total. The van der Waals surface area contributed by atoms with Gasteiger partial charge in [0.05, 0.1) is 11.4 Å². The van der Waals surface area contributed by atoms with Crippen molar-refractivity contribution in [2.45, 2.75) is 19.3 Å². The molecular formula is C57H38N2S. The number of hydrogen-bond acceptors (Lipinski definition) is 3. The van der Waals surface area contributed by atoms with Crippen molar-refractivity contribution in [1.82, 2.24) is 9.97 Å². The molecule has 1 aliphatic rings. The summed E-state index contributed by atoms with van der Waals surface area (Å²) < 4.78 is 2.66. The largest absolute Gasteiger partial charge is 0.228 e. The summed E-state index contributed by atoms with van der Waals surface area (Å²) in [5.41, 5.74) is 15.0. The van der Waals surface area contributed by atoms with Gasteiger partial charge in [0.25, 0.3) is 0 Å². The van der Waals surface area contributed by atoms with Gasteiger partial charge in [-0.3, -0.25) is 0 Å². The van der Waals surface area contributed by atoms with Crippen molar-refractivity contribution in [2.75, 3.05) is 0 Å². The smallest absolute Gasteiger partial charge is 0.160 e. The van der Waals surface area contributed by atoms with Gasteiger partial charge in [0, 0.05) is 42.3 Å². The Morgan fingerprint density at radius 3 is 1.77 bits per heavy atom. The van der Waals surface area contributed by atoms with Crippen molar-refractivity contribution in [3.05, 3.63) is 205 Å². The van der Waals surface area contributed by atoms with Crippen LogP contribution in [-0.2, 0) is 5.41 Å². The minimum Gasteiger partial charge on any atom is -0.228 e. The van der Waals surface area contributed by atoms with Crippen molar-refractivity contribution in [1.29, 1.82) is 0 Å². The van der Waals surface area contributed by atoms with Gasteiger partial charge in [-0.05, 0) is 109 Å². The van der Waals surface area contributed by atoms with E-state index in [0.29, 0.717) is 0 Å². The molecule has 2 aromatic heterocycles. The lowest BCUT2D eigenvalue weighted by Crippen LogP contribution is -2.14. The van der Waals surface area contributed by atoms with Gasteiger partial charge in [0.1, 0.15) is 0 Å². The lowest BCUT2D eigenvalue weighted by Gasteiger charge is -2.22. The highest BCUT2D eigenvalue weighted by atomic mass is 32.1. The third kappa shape index (κ3) is 5.61. The Morgan fingerprint density at radius 1 is 0.367 bits per heavy atom. The van der Waals surface area contributed by atoms with E-state index in [0.717, 1.165) is 33.9 Å². The molecule has 0 amide bonds. The Labute approximate surface area is 353 Å². The third-order valence-corrected chi connectivity index (χ3v) is 13.8. The van der Waals surface area contributed by atoms with Crippen LogP contribution in [0.15, 0.2) is 194 Å². The van der Waals surface area contributed by atoms with E-state index in [9.17, 15) is 0 Å². The third-order valence-electron chi connectivity index (χ3n) is 12.7. The molecule has 0 saturated carbocycles. The maximum Gasteiger partial charge on any atom is 0.160 e. The highest BCUT2D eigenvalue weighted by molar-refractivity contribution is 7.25. The number of fused-ring (bicyclic) bond motifs is 8. The summed E-state index contributed by atoms with van der Waals surface area (Å²) in [6.07, 6.45) is 0. The van der Waals surface area contributed by atoms with Gasteiger partial charge in [-0.15, -0.1) is 11.3 Å². The molecule has 3 heteroatoms. The maximum atomic E-state index is 5.30. The average molecular weight is 783 g/mol. The first-order valence-corrected chi connectivity index (χ1v) is 21.4. The number of rotatable bonds is 5. The SMILES string of the molecule is CC1(C)c2cc3ccccc3cc2-c2c(-c3cc(-c4ccc5cc(-c6ccc(-c7ccc8c(c7)sc7ccccc78)cc6)ccc5c4)nc(-c4ccccc4)n3)cccc21. The summed E-state index contributed by atoms with van der Waals surface area (Å²) >= 11 is 1.87. The predicted molar refractivity (Wildman–Crippen MR) is 255 cm³/mol. The normalized spacial score (nSPS) is 13.0. The molecular weight excluding hydrogens is 745 g/mol. The van der Waals surface area contributed by atoms with Gasteiger partial charge in [0.15, 0.2) is 5.82 Å². The highest BCUT2D eigenvalue weighted by Crippen LogP contribution is 2.53. The first-order chi connectivity index (χ1) is 29.4. The molecule has 0 fully saturated rings. The molecule has 1 aliphatic carbocycles. The lowest BCUT2D eigenvalue weighted by molar-refractivity contribution is 0.661. The zero-order chi connectivity index (χ0) is 40.0. The first-order valence-electron chi connectivity index (χ1n) is 20.6. The Kier molecular flexibility index (Phi) is 7.79. The fourth-order valence-corrected chi connectivity index (χ4v) is 10.6. The molecule has 0 aliphatic heterocycles. The molecule has 60 heavy (non-hydrogen) atoms. The van der Waals surface area contributed by atoms with Crippen molar-refractivity contribution in [3.8, 4) is 67.3 Å². The molecule has 0 atom stereocenters. The van der Waals surface area contributed by atoms with E-state index in [4.69, 9.17) is 9.97 Å². The van der Waals surface area contributed by atoms with Crippen molar-refractivity contribution in [2.24, 2.45) is 0 Å². The summed E-state index contributed by atoms with van der Waals surface area (Å²) in [7, 11) is 0. The van der Waals surface area contributed by atoms with Gasteiger partial charge in [-0.1, -0.05) is 166 Å². The van der Waals surface area contributed by atoms with Gasteiger partial charge >= 0.3 is 0 Å². The van der Waals surface area contributed by atoms with E-state index in [1.807, 2.05) is 17.4 Å². The molecule has 0 unspecified atom stereocenters. The van der Waals surface area contributed by atoms with Crippen LogP contribution in [0.25, 0.3) is 109 Å². The zero-order valence-corrected chi connectivity index (χ0v) is 34.1. The first kappa shape index (κ1) is 34.8. The molecule has 11 aromatic rings. The van der Waals surface area contributed by atoms with Crippen LogP contribution in [0.1, 0.15) is 25.0 Å². The van der Waals surface area contributed by atoms with Crippen LogP contribution in [0.4, 0.5) is 0 Å². The number of nitrogens with zero attached hydrogens (tertiary/aromatic N) is 2. The summed E-state index contributed by atoms with van der Waals surface area (Å²) in [5, 5.41) is 7.55. The molecule has 0 radical (unpaired) electrons. The Hall–Kier alpha value is -7.20. The molecule has 9 aromatic carbocycles. The zero-order valence-electron chi connectivity index (χ0n) is 33.3. The number of hydrogen-bond donors (Lipinski definition) is 0. The van der Waals surface area contributed by atoms with Crippen LogP contribution >= 0.6 is 11.3 Å². The maximum absolute atomic E-state index is 5.30. The average Bonchev–Trinajstić information content (AvgIpc) is 3.79. The van der Waals surface area contributed by atoms with E-state index >= 15 is 0 Å². The van der Waals surface area contributed by atoms with Crippen LogP contribution in [0.2, 0.25) is 0 Å². The van der Waals surface area contributed by atoms with E-state index in [1.165, 1.54) is 86.2 Å². The standard InChI is InChI=1S/C57H38N2S/c1-57(2)49-17-10-16-47(55(49)48-31-38-13-6-7-14-39(38)32-50(48)57)52-34-51(58-56(59-52)37-11-4-3-5-12-37)44-26-25-41-29-40(23-24-42(41)30-44)35-19-21-36(22-20-35)43-27-28-46-45-15-8-9-18-53(45)60-54(46)33-43/h3-34H,1-2H3. The monoisotopic (exact) mass is 782 g/mol.